The second-order valence-corrected chi connectivity index (χ2v) is 5.69. The number of nitriles is 1. The fourth-order valence-electron chi connectivity index (χ4n) is 1.54. The maximum atomic E-state index is 12.0. The molecule has 1 heterocycles. The van der Waals surface area contributed by atoms with Crippen LogP contribution in [0.15, 0.2) is 41.6 Å². The molecule has 98 valence electrons. The van der Waals surface area contributed by atoms with Crippen LogP contribution < -0.4 is 4.72 Å². The topological polar surface area (TPSA) is 87.8 Å². The number of hydrogen-bond acceptors (Lipinski definition) is 4. The second kappa shape index (κ2) is 5.22. The predicted octanol–water partition coefficient (Wildman–Crippen LogP) is 0.770. The van der Waals surface area contributed by atoms with E-state index in [-0.39, 0.29) is 11.4 Å². The third-order valence-electron chi connectivity index (χ3n) is 2.61. The van der Waals surface area contributed by atoms with Gasteiger partial charge in [0.1, 0.15) is 5.82 Å². The van der Waals surface area contributed by atoms with Gasteiger partial charge in [-0.2, -0.15) is 5.26 Å². The van der Waals surface area contributed by atoms with Gasteiger partial charge in [0.15, 0.2) is 0 Å². The Morgan fingerprint density at radius 2 is 2.26 bits per heavy atom. The fraction of sp³-hybridized carbons (Fsp3) is 0.167. The van der Waals surface area contributed by atoms with Crippen LogP contribution in [0.1, 0.15) is 11.4 Å². The van der Waals surface area contributed by atoms with E-state index in [0.29, 0.717) is 11.4 Å². The number of nitrogens with one attached hydrogen (secondary N) is 1. The van der Waals surface area contributed by atoms with Crippen molar-refractivity contribution in [1.82, 2.24) is 14.3 Å². The van der Waals surface area contributed by atoms with Crippen LogP contribution in [0.2, 0.25) is 0 Å². The maximum absolute atomic E-state index is 12.0. The van der Waals surface area contributed by atoms with Crippen LogP contribution in [0.5, 0.6) is 0 Å². The van der Waals surface area contributed by atoms with Gasteiger partial charge in [-0.1, -0.05) is 6.07 Å². The molecule has 0 saturated heterocycles. The van der Waals surface area contributed by atoms with Crippen molar-refractivity contribution in [1.29, 1.82) is 5.26 Å². The van der Waals surface area contributed by atoms with Gasteiger partial charge in [0.25, 0.3) is 0 Å². The minimum Gasteiger partial charge on any atom is -0.337 e. The number of sulfonamides is 1. The van der Waals surface area contributed by atoms with Gasteiger partial charge in [0.2, 0.25) is 10.0 Å². The minimum atomic E-state index is -3.64. The van der Waals surface area contributed by atoms with Gasteiger partial charge in [-0.25, -0.2) is 18.1 Å². The molecule has 0 amide bonds. The molecule has 0 spiro atoms. The Morgan fingerprint density at radius 1 is 1.47 bits per heavy atom. The van der Waals surface area contributed by atoms with Gasteiger partial charge in [-0.05, 0) is 18.2 Å². The first-order valence-corrected chi connectivity index (χ1v) is 6.97. The summed E-state index contributed by atoms with van der Waals surface area (Å²) < 4.78 is 28.3. The Balaban J connectivity index is 2.19. The van der Waals surface area contributed by atoms with Crippen molar-refractivity contribution in [2.75, 3.05) is 0 Å². The Bertz CT molecular complexity index is 728. The summed E-state index contributed by atoms with van der Waals surface area (Å²) in [4.78, 5) is 4.10. The quantitative estimate of drug-likeness (QED) is 0.893. The molecule has 1 aromatic heterocycles. The second-order valence-electron chi connectivity index (χ2n) is 3.92. The molecule has 2 aromatic rings. The molecule has 0 aliphatic rings. The number of aromatic nitrogens is 2. The molecule has 0 fully saturated rings. The van der Waals surface area contributed by atoms with E-state index in [0.717, 1.165) is 0 Å². The van der Waals surface area contributed by atoms with E-state index in [2.05, 4.69) is 9.71 Å². The van der Waals surface area contributed by atoms with Gasteiger partial charge in [-0.15, -0.1) is 0 Å². The number of aryl methyl sites for hydroxylation is 1. The zero-order valence-corrected chi connectivity index (χ0v) is 11.1. The molecule has 0 saturated carbocycles. The minimum absolute atomic E-state index is 0.0701. The summed E-state index contributed by atoms with van der Waals surface area (Å²) in [6.07, 6.45) is 3.33. The maximum Gasteiger partial charge on any atom is 0.241 e. The lowest BCUT2D eigenvalue weighted by atomic mass is 10.2. The number of nitrogens with zero attached hydrogens (tertiary/aromatic N) is 3. The molecule has 0 aliphatic carbocycles. The van der Waals surface area contributed by atoms with Crippen molar-refractivity contribution in [3.8, 4) is 6.07 Å². The molecule has 1 N–H and O–H groups in total. The summed E-state index contributed by atoms with van der Waals surface area (Å²) in [6, 6.07) is 7.78. The van der Waals surface area contributed by atoms with Gasteiger partial charge in [0.05, 0.1) is 23.1 Å². The Morgan fingerprint density at radius 3 is 2.89 bits per heavy atom. The third kappa shape index (κ3) is 2.99. The average molecular weight is 276 g/mol. The normalized spacial score (nSPS) is 11.2. The largest absolute Gasteiger partial charge is 0.337 e. The molecular weight excluding hydrogens is 264 g/mol. The first-order chi connectivity index (χ1) is 9.03. The fourth-order valence-corrected chi connectivity index (χ4v) is 2.57. The van der Waals surface area contributed by atoms with Crippen LogP contribution >= 0.6 is 0 Å². The van der Waals surface area contributed by atoms with E-state index >= 15 is 0 Å². The van der Waals surface area contributed by atoms with Crippen LogP contribution in [-0.4, -0.2) is 18.0 Å². The molecule has 0 radical (unpaired) electrons. The number of benzene rings is 1. The number of hydrogen-bond donors (Lipinski definition) is 1. The summed E-state index contributed by atoms with van der Waals surface area (Å²) >= 11 is 0. The molecular formula is C12H12N4O2S. The first kappa shape index (κ1) is 13.3. The van der Waals surface area contributed by atoms with Crippen molar-refractivity contribution < 1.29 is 8.42 Å². The molecule has 7 heteroatoms. The number of imidazole rings is 1. The van der Waals surface area contributed by atoms with E-state index in [9.17, 15) is 8.42 Å². The van der Waals surface area contributed by atoms with Crippen LogP contribution in [-0.2, 0) is 23.6 Å². The van der Waals surface area contributed by atoms with Crippen LogP contribution in [0.4, 0.5) is 0 Å². The van der Waals surface area contributed by atoms with Gasteiger partial charge in [0, 0.05) is 19.4 Å². The van der Waals surface area contributed by atoms with Crippen molar-refractivity contribution in [3.63, 3.8) is 0 Å². The lowest BCUT2D eigenvalue weighted by Crippen LogP contribution is -2.24. The molecule has 0 bridgehead atoms. The summed E-state index contributed by atoms with van der Waals surface area (Å²) in [5, 5.41) is 8.77. The highest BCUT2D eigenvalue weighted by Crippen LogP contribution is 2.11. The van der Waals surface area contributed by atoms with Gasteiger partial charge < -0.3 is 4.57 Å². The molecule has 19 heavy (non-hydrogen) atoms. The summed E-state index contributed by atoms with van der Waals surface area (Å²) in [5.74, 6) is 0.611. The van der Waals surface area contributed by atoms with Gasteiger partial charge >= 0.3 is 0 Å². The number of rotatable bonds is 4. The Hall–Kier alpha value is -2.17. The summed E-state index contributed by atoms with van der Waals surface area (Å²) in [7, 11) is -1.86. The van der Waals surface area contributed by atoms with Gasteiger partial charge in [-0.3, -0.25) is 0 Å². The molecule has 1 aromatic carbocycles. The predicted molar refractivity (Wildman–Crippen MR) is 68.4 cm³/mol. The molecule has 0 unspecified atom stereocenters. The highest BCUT2D eigenvalue weighted by molar-refractivity contribution is 7.89. The van der Waals surface area contributed by atoms with Crippen LogP contribution in [0.3, 0.4) is 0 Å². The summed E-state index contributed by atoms with van der Waals surface area (Å²) in [5.41, 5.74) is 0.305. The van der Waals surface area contributed by atoms with E-state index in [1.807, 2.05) is 6.07 Å². The Kier molecular flexibility index (Phi) is 3.64. The van der Waals surface area contributed by atoms with Crippen molar-refractivity contribution in [2.45, 2.75) is 11.4 Å². The zero-order chi connectivity index (χ0) is 13.9. The third-order valence-corrected chi connectivity index (χ3v) is 4.01. The first-order valence-electron chi connectivity index (χ1n) is 5.49. The molecule has 0 atom stereocenters. The van der Waals surface area contributed by atoms with Crippen LogP contribution in [0.25, 0.3) is 0 Å². The Labute approximate surface area is 111 Å². The molecule has 2 rings (SSSR count). The van der Waals surface area contributed by atoms with E-state index in [1.54, 1.807) is 30.1 Å². The standard InChI is InChI=1S/C12H12N4O2S/c1-16-6-5-14-12(16)9-15-19(17,18)11-4-2-3-10(7-11)8-13/h2-7,15H,9H2,1H3. The van der Waals surface area contributed by atoms with E-state index in [4.69, 9.17) is 5.26 Å². The van der Waals surface area contributed by atoms with Crippen LogP contribution in [0, 0.1) is 11.3 Å². The molecule has 0 aliphatic heterocycles. The zero-order valence-electron chi connectivity index (χ0n) is 10.2. The van der Waals surface area contributed by atoms with Crippen molar-refractivity contribution in [3.05, 3.63) is 48.0 Å². The van der Waals surface area contributed by atoms with E-state index < -0.39 is 10.0 Å². The lowest BCUT2D eigenvalue weighted by Gasteiger charge is -2.07. The monoisotopic (exact) mass is 276 g/mol. The van der Waals surface area contributed by atoms with Crippen molar-refractivity contribution in [2.24, 2.45) is 7.05 Å². The highest BCUT2D eigenvalue weighted by atomic mass is 32.2. The van der Waals surface area contributed by atoms with Crippen molar-refractivity contribution >= 4 is 10.0 Å². The van der Waals surface area contributed by atoms with E-state index in [1.165, 1.54) is 18.2 Å². The summed E-state index contributed by atoms with van der Waals surface area (Å²) in [6.45, 7) is 0.0998. The lowest BCUT2D eigenvalue weighted by molar-refractivity contribution is 0.577. The highest BCUT2D eigenvalue weighted by Gasteiger charge is 2.15. The smallest absolute Gasteiger partial charge is 0.241 e. The SMILES string of the molecule is Cn1ccnc1CNS(=O)(=O)c1cccc(C#N)c1. The molecule has 6 nitrogen and oxygen atoms in total. The average Bonchev–Trinajstić information content (AvgIpc) is 2.82.